The van der Waals surface area contributed by atoms with Gasteiger partial charge < -0.3 is 11.1 Å². The predicted octanol–water partition coefficient (Wildman–Crippen LogP) is 1.96. The van der Waals surface area contributed by atoms with Crippen molar-refractivity contribution in [1.29, 1.82) is 0 Å². The second-order valence-electron chi connectivity index (χ2n) is 6.46. The van der Waals surface area contributed by atoms with Crippen LogP contribution in [0.1, 0.15) is 48.0 Å². The van der Waals surface area contributed by atoms with E-state index in [1.54, 1.807) is 11.0 Å². The lowest BCUT2D eigenvalue weighted by molar-refractivity contribution is 0.0914. The highest BCUT2D eigenvalue weighted by Crippen LogP contribution is 2.26. The smallest absolute Gasteiger partial charge is 0.251 e. The van der Waals surface area contributed by atoms with Gasteiger partial charge >= 0.3 is 0 Å². The number of carbonyl (C=O) groups is 1. The van der Waals surface area contributed by atoms with Crippen molar-refractivity contribution in [2.75, 3.05) is 6.54 Å². The Balaban J connectivity index is 1.72. The third-order valence-electron chi connectivity index (χ3n) is 4.85. The van der Waals surface area contributed by atoms with Gasteiger partial charge in [0.25, 0.3) is 5.91 Å². The number of hydrogen-bond acceptors (Lipinski definition) is 4. The predicted molar refractivity (Wildman–Crippen MR) is 92.4 cm³/mol. The number of nitrogens with two attached hydrogens (primary N) is 1. The molecule has 1 unspecified atom stereocenters. The molecule has 3 rings (SSSR count). The van der Waals surface area contributed by atoms with Crippen LogP contribution in [0.2, 0.25) is 0 Å². The number of nitrogens with one attached hydrogen (secondary N) is 1. The third kappa shape index (κ3) is 4.00. The van der Waals surface area contributed by atoms with Crippen molar-refractivity contribution in [1.82, 2.24) is 20.1 Å². The molecule has 0 bridgehead atoms. The fourth-order valence-electron chi connectivity index (χ4n) is 3.52. The second kappa shape index (κ2) is 8.06. The van der Waals surface area contributed by atoms with E-state index < -0.39 is 0 Å². The van der Waals surface area contributed by atoms with E-state index in [1.165, 1.54) is 25.6 Å². The molecule has 6 heteroatoms. The molecular formula is C18H25N5O. The van der Waals surface area contributed by atoms with Gasteiger partial charge in [0.2, 0.25) is 0 Å². The summed E-state index contributed by atoms with van der Waals surface area (Å²) in [4.78, 5) is 16.7. The average molecular weight is 327 g/mol. The number of carbonyl (C=O) groups excluding carboxylic acids is 1. The molecule has 6 nitrogen and oxygen atoms in total. The van der Waals surface area contributed by atoms with Crippen molar-refractivity contribution in [3.05, 3.63) is 48.0 Å². The van der Waals surface area contributed by atoms with Crippen LogP contribution < -0.4 is 11.1 Å². The van der Waals surface area contributed by atoms with E-state index in [0.717, 1.165) is 18.4 Å². The zero-order chi connectivity index (χ0) is 16.8. The minimum Gasteiger partial charge on any atom is -0.348 e. The molecular weight excluding hydrogens is 302 g/mol. The summed E-state index contributed by atoms with van der Waals surface area (Å²) >= 11 is 0. The normalized spacial score (nSPS) is 16.7. The van der Waals surface area contributed by atoms with Crippen LogP contribution in [0.15, 0.2) is 36.9 Å². The average Bonchev–Trinajstić information content (AvgIpc) is 3.14. The highest BCUT2D eigenvalue weighted by Gasteiger charge is 2.25. The highest BCUT2D eigenvalue weighted by molar-refractivity contribution is 5.95. The molecule has 3 N–H and O–H groups in total. The molecule has 0 radical (unpaired) electrons. The van der Waals surface area contributed by atoms with Crippen LogP contribution in [0.5, 0.6) is 0 Å². The van der Waals surface area contributed by atoms with E-state index in [2.05, 4.69) is 15.4 Å². The van der Waals surface area contributed by atoms with Crippen molar-refractivity contribution >= 4 is 5.91 Å². The summed E-state index contributed by atoms with van der Waals surface area (Å²) in [6, 6.07) is 7.69. The number of hydrogen-bond donors (Lipinski definition) is 2. The van der Waals surface area contributed by atoms with Gasteiger partial charge in [-0.1, -0.05) is 37.5 Å². The maximum atomic E-state index is 12.8. The molecule has 1 heterocycles. The summed E-state index contributed by atoms with van der Waals surface area (Å²) in [6.07, 6.45) is 9.23. The van der Waals surface area contributed by atoms with Gasteiger partial charge in [-0.25, -0.2) is 9.67 Å². The monoisotopic (exact) mass is 327 g/mol. The topological polar surface area (TPSA) is 85.8 Å². The van der Waals surface area contributed by atoms with Crippen molar-refractivity contribution in [3.63, 3.8) is 0 Å². The number of nitrogens with zero attached hydrogens (tertiary/aromatic N) is 3. The molecule has 0 spiro atoms. The Bertz CT molecular complexity index is 649. The van der Waals surface area contributed by atoms with E-state index in [-0.39, 0.29) is 11.9 Å². The molecule has 1 aliphatic carbocycles. The standard InChI is InChI=1S/C18H25N5O/c19-10-17(14-6-2-1-3-7-14)22-18(24)16-9-5-4-8-15(16)11-23-13-20-12-21-23/h4-5,8-9,12-14,17H,1-3,6-7,10-11,19H2,(H,22,24). The summed E-state index contributed by atoms with van der Waals surface area (Å²) < 4.78 is 1.72. The number of benzene rings is 1. The lowest BCUT2D eigenvalue weighted by atomic mass is 9.83. The molecule has 1 aromatic carbocycles. The fourth-order valence-corrected chi connectivity index (χ4v) is 3.52. The summed E-state index contributed by atoms with van der Waals surface area (Å²) in [5.41, 5.74) is 7.55. The van der Waals surface area contributed by atoms with Crippen molar-refractivity contribution in [2.24, 2.45) is 11.7 Å². The van der Waals surface area contributed by atoms with Gasteiger partial charge in [0.05, 0.1) is 6.54 Å². The molecule has 1 aromatic heterocycles. The SMILES string of the molecule is NCC(NC(=O)c1ccccc1Cn1cncn1)C1CCCCC1. The number of rotatable bonds is 6. The lowest BCUT2D eigenvalue weighted by Crippen LogP contribution is -2.46. The quantitative estimate of drug-likeness (QED) is 0.849. The van der Waals surface area contributed by atoms with E-state index in [1.807, 2.05) is 24.3 Å². The summed E-state index contributed by atoms with van der Waals surface area (Å²) in [5.74, 6) is 0.446. The van der Waals surface area contributed by atoms with Gasteiger partial charge in [0.1, 0.15) is 12.7 Å². The first-order chi connectivity index (χ1) is 11.8. The van der Waals surface area contributed by atoms with Gasteiger partial charge in [0.15, 0.2) is 0 Å². The molecule has 1 fully saturated rings. The minimum atomic E-state index is -0.0493. The number of amides is 1. The Labute approximate surface area is 142 Å². The third-order valence-corrected chi connectivity index (χ3v) is 4.85. The van der Waals surface area contributed by atoms with Crippen LogP contribution in [0.4, 0.5) is 0 Å². The summed E-state index contributed by atoms with van der Waals surface area (Å²) in [5, 5.41) is 7.28. The van der Waals surface area contributed by atoms with Gasteiger partial charge in [-0.15, -0.1) is 0 Å². The Morgan fingerprint density at radius 1 is 1.29 bits per heavy atom. The van der Waals surface area contributed by atoms with E-state index in [9.17, 15) is 4.79 Å². The Hall–Kier alpha value is -2.21. The van der Waals surface area contributed by atoms with E-state index >= 15 is 0 Å². The van der Waals surface area contributed by atoms with Crippen LogP contribution in [0, 0.1) is 5.92 Å². The highest BCUT2D eigenvalue weighted by atomic mass is 16.1. The molecule has 2 aromatic rings. The van der Waals surface area contributed by atoms with Crippen LogP contribution in [0.25, 0.3) is 0 Å². The van der Waals surface area contributed by atoms with Crippen LogP contribution in [-0.4, -0.2) is 33.3 Å². The second-order valence-corrected chi connectivity index (χ2v) is 6.46. The zero-order valence-electron chi connectivity index (χ0n) is 13.9. The Kier molecular flexibility index (Phi) is 5.59. The first-order valence-corrected chi connectivity index (χ1v) is 8.69. The first kappa shape index (κ1) is 16.6. The van der Waals surface area contributed by atoms with Crippen LogP contribution in [-0.2, 0) is 6.54 Å². The molecule has 1 atom stereocenters. The molecule has 1 amide bonds. The molecule has 0 aliphatic heterocycles. The largest absolute Gasteiger partial charge is 0.348 e. The minimum absolute atomic E-state index is 0.0493. The Morgan fingerprint density at radius 3 is 2.79 bits per heavy atom. The number of aromatic nitrogens is 3. The van der Waals surface area contributed by atoms with Crippen molar-refractivity contribution in [2.45, 2.75) is 44.7 Å². The molecule has 1 saturated carbocycles. The van der Waals surface area contributed by atoms with Gasteiger partial charge in [0, 0.05) is 18.2 Å². The van der Waals surface area contributed by atoms with Gasteiger partial charge in [-0.2, -0.15) is 5.10 Å². The Morgan fingerprint density at radius 2 is 2.08 bits per heavy atom. The summed E-state index contributed by atoms with van der Waals surface area (Å²) in [7, 11) is 0. The molecule has 24 heavy (non-hydrogen) atoms. The molecule has 1 aliphatic rings. The maximum Gasteiger partial charge on any atom is 0.251 e. The van der Waals surface area contributed by atoms with Crippen LogP contribution >= 0.6 is 0 Å². The molecule has 128 valence electrons. The first-order valence-electron chi connectivity index (χ1n) is 8.69. The fraction of sp³-hybridized carbons (Fsp3) is 0.500. The summed E-state index contributed by atoms with van der Waals surface area (Å²) in [6.45, 7) is 1.02. The van der Waals surface area contributed by atoms with Crippen LogP contribution in [0.3, 0.4) is 0 Å². The van der Waals surface area contributed by atoms with Crippen molar-refractivity contribution < 1.29 is 4.79 Å². The zero-order valence-corrected chi connectivity index (χ0v) is 13.9. The molecule has 0 saturated heterocycles. The van der Waals surface area contributed by atoms with Crippen molar-refractivity contribution in [3.8, 4) is 0 Å². The lowest BCUT2D eigenvalue weighted by Gasteiger charge is -2.30. The maximum absolute atomic E-state index is 12.8. The van der Waals surface area contributed by atoms with E-state index in [4.69, 9.17) is 5.73 Å². The van der Waals surface area contributed by atoms with Gasteiger partial charge in [-0.3, -0.25) is 4.79 Å². The van der Waals surface area contributed by atoms with E-state index in [0.29, 0.717) is 24.6 Å². The van der Waals surface area contributed by atoms with Gasteiger partial charge in [-0.05, 0) is 30.4 Å².